The van der Waals surface area contributed by atoms with Crippen molar-refractivity contribution in [2.75, 3.05) is 0 Å². The Labute approximate surface area is 122 Å². The van der Waals surface area contributed by atoms with Crippen LogP contribution in [0.2, 0.25) is 10.0 Å². The molecule has 0 atom stereocenters. The van der Waals surface area contributed by atoms with Crippen LogP contribution >= 0.6 is 40.2 Å². The average Bonchev–Trinajstić information content (AvgIpc) is 1.84. The van der Waals surface area contributed by atoms with Crippen LogP contribution in [0.4, 0.5) is 0 Å². The Balaban J connectivity index is -0.000000180. The third kappa shape index (κ3) is 15.5. The number of benzene rings is 1. The van der Waals surface area contributed by atoms with E-state index < -0.39 is 0 Å². The molecule has 0 heterocycles. The Hall–Kier alpha value is 1.01. The second kappa shape index (κ2) is 12.1. The summed E-state index contributed by atoms with van der Waals surface area (Å²) in [5.41, 5.74) is 0. The van der Waals surface area contributed by atoms with E-state index in [1.807, 2.05) is 0 Å². The van der Waals surface area contributed by atoms with Crippen LogP contribution in [0.15, 0.2) is 18.2 Å². The Bertz CT molecular complexity index is 214. The first-order chi connectivity index (χ1) is 5.52. The van der Waals surface area contributed by atoms with Gasteiger partial charge in [0.2, 0.25) is 0 Å². The van der Waals surface area contributed by atoms with Crippen molar-refractivity contribution < 1.29 is 5.11 Å². The zero-order chi connectivity index (χ0) is 9.56. The predicted octanol–water partition coefficient (Wildman–Crippen LogP) is 3.38. The molecule has 0 aromatic heterocycles. The fourth-order valence-corrected chi connectivity index (χ4v) is 0.833. The molecule has 0 bridgehead atoms. The van der Waals surface area contributed by atoms with Gasteiger partial charge < -0.3 is 5.11 Å². The van der Waals surface area contributed by atoms with E-state index in [0.29, 0.717) is 10.0 Å². The fourth-order valence-electron chi connectivity index (χ4n) is 0.416. The molecule has 0 fully saturated rings. The second-order valence-corrected chi connectivity index (χ2v) is 3.34. The van der Waals surface area contributed by atoms with Gasteiger partial charge in [-0.15, -0.1) is 23.0 Å². The Morgan fingerprint density at radius 3 is 1.64 bits per heavy atom. The third-order valence-corrected chi connectivity index (χ3v) is 1.15. The van der Waals surface area contributed by atoms with E-state index >= 15 is 0 Å². The first-order valence-corrected chi connectivity index (χ1v) is 4.28. The van der Waals surface area contributed by atoms with Gasteiger partial charge in [0.15, 0.2) is 0 Å². The van der Waals surface area contributed by atoms with E-state index in [0.717, 1.165) is 0 Å². The standard InChI is InChI=1S/C6H3Cl2.C3H8O.BrH.Mg/c7-5-2-1-3-6(8)4-5;1-3(2)4;;/h2-4H;3-4H,1-2H3;1H;/q-1;;;+2. The van der Waals surface area contributed by atoms with E-state index in [9.17, 15) is 0 Å². The molecular formula is C9H12BrCl2MgO+. The average molecular weight is 311 g/mol. The second-order valence-electron chi connectivity index (χ2n) is 2.46. The Morgan fingerprint density at radius 1 is 1.21 bits per heavy atom. The van der Waals surface area contributed by atoms with Crippen molar-refractivity contribution in [3.63, 3.8) is 0 Å². The van der Waals surface area contributed by atoms with Gasteiger partial charge in [-0.2, -0.15) is 41.4 Å². The van der Waals surface area contributed by atoms with E-state index in [1.165, 1.54) is 0 Å². The third-order valence-electron chi connectivity index (χ3n) is 0.718. The molecule has 1 rings (SSSR count). The van der Waals surface area contributed by atoms with Gasteiger partial charge in [0, 0.05) is 6.10 Å². The van der Waals surface area contributed by atoms with Gasteiger partial charge in [0.1, 0.15) is 0 Å². The van der Waals surface area contributed by atoms with E-state index in [4.69, 9.17) is 28.3 Å². The van der Waals surface area contributed by atoms with Crippen molar-refractivity contribution in [3.05, 3.63) is 34.3 Å². The van der Waals surface area contributed by atoms with Crippen molar-refractivity contribution in [1.82, 2.24) is 0 Å². The predicted molar refractivity (Wildman–Crippen MR) is 68.7 cm³/mol. The number of aliphatic hydroxyl groups is 1. The molecule has 1 N–H and O–H groups in total. The quantitative estimate of drug-likeness (QED) is 0.575. The largest absolute Gasteiger partial charge is 2.00 e. The number of hydrogen-bond acceptors (Lipinski definition) is 1. The molecule has 14 heavy (non-hydrogen) atoms. The minimum absolute atomic E-state index is 0. The van der Waals surface area contributed by atoms with Gasteiger partial charge in [-0.1, -0.05) is 10.0 Å². The van der Waals surface area contributed by atoms with Crippen LogP contribution in [-0.4, -0.2) is 34.3 Å². The van der Waals surface area contributed by atoms with Crippen LogP contribution in [-0.2, 0) is 0 Å². The molecule has 0 aliphatic carbocycles. The molecule has 1 aromatic carbocycles. The smallest absolute Gasteiger partial charge is 0.394 e. The van der Waals surface area contributed by atoms with Crippen molar-refractivity contribution in [2.24, 2.45) is 0 Å². The monoisotopic (exact) mass is 309 g/mol. The van der Waals surface area contributed by atoms with Crippen LogP contribution < -0.4 is 0 Å². The Kier molecular flexibility index (Phi) is 17.6. The van der Waals surface area contributed by atoms with Crippen LogP contribution in [0.3, 0.4) is 0 Å². The molecule has 0 amide bonds. The Morgan fingerprint density at radius 2 is 1.50 bits per heavy atom. The van der Waals surface area contributed by atoms with Crippen LogP contribution in [0.5, 0.6) is 0 Å². The van der Waals surface area contributed by atoms with Crippen LogP contribution in [0.25, 0.3) is 0 Å². The molecule has 0 saturated heterocycles. The first-order valence-electron chi connectivity index (χ1n) is 3.52. The summed E-state index contributed by atoms with van der Waals surface area (Å²) in [7, 11) is 0. The summed E-state index contributed by atoms with van der Waals surface area (Å²) in [5.74, 6) is 0. The molecule has 0 spiro atoms. The number of halogens is 3. The zero-order valence-electron chi connectivity index (χ0n) is 8.13. The van der Waals surface area contributed by atoms with Crippen LogP contribution in [0.1, 0.15) is 13.8 Å². The molecule has 0 aliphatic rings. The molecule has 0 unspecified atom stereocenters. The minimum atomic E-state index is -0.167. The summed E-state index contributed by atoms with van der Waals surface area (Å²) in [6.45, 7) is 3.44. The maximum atomic E-state index is 8.06. The minimum Gasteiger partial charge on any atom is -0.394 e. The van der Waals surface area contributed by atoms with Crippen molar-refractivity contribution in [1.29, 1.82) is 0 Å². The summed E-state index contributed by atoms with van der Waals surface area (Å²) < 4.78 is 0. The van der Waals surface area contributed by atoms with Crippen molar-refractivity contribution in [2.45, 2.75) is 20.0 Å². The number of aliphatic hydroxyl groups excluding tert-OH is 1. The number of hydrogen-bond donors (Lipinski definition) is 1. The number of rotatable bonds is 0. The topological polar surface area (TPSA) is 20.2 Å². The van der Waals surface area contributed by atoms with Gasteiger partial charge >= 0.3 is 23.1 Å². The zero-order valence-corrected chi connectivity index (χ0v) is 12.8. The molecule has 1 nitrogen and oxygen atoms in total. The van der Waals surface area contributed by atoms with Crippen molar-refractivity contribution in [3.8, 4) is 0 Å². The summed E-state index contributed by atoms with van der Waals surface area (Å²) in [5, 5.41) is 9.30. The SMILES string of the molecule is Br.CC(C)O.Clc1c[c-]cc(Cl)c1.[Mg+2]. The van der Waals surface area contributed by atoms with E-state index in [-0.39, 0.29) is 46.1 Å². The fraction of sp³-hybridized carbons (Fsp3) is 0.333. The summed E-state index contributed by atoms with van der Waals surface area (Å²) in [6.07, 6.45) is -0.167. The van der Waals surface area contributed by atoms with Gasteiger partial charge in [-0.25, -0.2) is 0 Å². The molecule has 76 valence electrons. The van der Waals surface area contributed by atoms with E-state index in [2.05, 4.69) is 6.07 Å². The maximum absolute atomic E-state index is 8.06. The summed E-state index contributed by atoms with van der Waals surface area (Å²) in [6, 6.07) is 7.75. The van der Waals surface area contributed by atoms with Crippen molar-refractivity contribution >= 4 is 63.2 Å². The van der Waals surface area contributed by atoms with Gasteiger partial charge in [0.05, 0.1) is 0 Å². The molecule has 0 saturated carbocycles. The summed E-state index contributed by atoms with van der Waals surface area (Å²) >= 11 is 11.1. The molecule has 0 radical (unpaired) electrons. The molecule has 0 aliphatic heterocycles. The van der Waals surface area contributed by atoms with E-state index in [1.54, 1.807) is 32.0 Å². The normalized spacial score (nSPS) is 7.86. The molecule has 5 heteroatoms. The summed E-state index contributed by atoms with van der Waals surface area (Å²) in [4.78, 5) is 0. The van der Waals surface area contributed by atoms with Gasteiger partial charge in [-0.05, 0) is 13.8 Å². The molecular weight excluding hydrogens is 299 g/mol. The molecule has 1 aromatic rings. The first kappa shape index (κ1) is 20.4. The van der Waals surface area contributed by atoms with Gasteiger partial charge in [-0.3, -0.25) is 0 Å². The van der Waals surface area contributed by atoms with Crippen LogP contribution in [0, 0.1) is 6.07 Å². The van der Waals surface area contributed by atoms with Gasteiger partial charge in [0.25, 0.3) is 0 Å². The maximum Gasteiger partial charge on any atom is 2.00 e.